The standard InChI is InChI=1S/C24H26N2O5/c1-4-29-21-12-11-18(16-22(21)30-5-2)15-20-24(28)26(13-14-31-17(3)27)23(25-20)19-9-7-6-8-10-19/h6-12,15-16H,4-5,13-14H2,1-3H3/b20-15+. The lowest BCUT2D eigenvalue weighted by molar-refractivity contribution is -0.142. The van der Waals surface area contributed by atoms with E-state index >= 15 is 0 Å². The molecule has 162 valence electrons. The highest BCUT2D eigenvalue weighted by molar-refractivity contribution is 6.19. The third-order valence-electron chi connectivity index (χ3n) is 4.47. The monoisotopic (exact) mass is 422 g/mol. The van der Waals surface area contributed by atoms with Gasteiger partial charge in [0.1, 0.15) is 18.1 Å². The van der Waals surface area contributed by atoms with Gasteiger partial charge in [-0.15, -0.1) is 0 Å². The first-order chi connectivity index (χ1) is 15.0. The summed E-state index contributed by atoms with van der Waals surface area (Å²) in [5.41, 5.74) is 1.88. The summed E-state index contributed by atoms with van der Waals surface area (Å²) in [6.07, 6.45) is 1.72. The van der Waals surface area contributed by atoms with Crippen LogP contribution in [0.25, 0.3) is 6.08 Å². The maximum Gasteiger partial charge on any atom is 0.302 e. The van der Waals surface area contributed by atoms with E-state index in [-0.39, 0.29) is 19.1 Å². The van der Waals surface area contributed by atoms with E-state index in [9.17, 15) is 9.59 Å². The summed E-state index contributed by atoms with van der Waals surface area (Å²) < 4.78 is 16.3. The lowest BCUT2D eigenvalue weighted by atomic mass is 10.1. The molecule has 0 saturated heterocycles. The molecular formula is C24H26N2O5. The van der Waals surface area contributed by atoms with Crippen molar-refractivity contribution in [1.82, 2.24) is 4.90 Å². The number of amides is 1. The molecule has 1 amide bonds. The van der Waals surface area contributed by atoms with Crippen LogP contribution in [-0.4, -0.2) is 49.0 Å². The Hall–Kier alpha value is -3.61. The summed E-state index contributed by atoms with van der Waals surface area (Å²) in [5, 5.41) is 0. The molecule has 0 radical (unpaired) electrons. The van der Waals surface area contributed by atoms with E-state index < -0.39 is 5.97 Å². The zero-order chi connectivity index (χ0) is 22.2. The van der Waals surface area contributed by atoms with Gasteiger partial charge < -0.3 is 14.2 Å². The molecule has 3 rings (SSSR count). The molecule has 7 nitrogen and oxygen atoms in total. The highest BCUT2D eigenvalue weighted by Gasteiger charge is 2.31. The number of ether oxygens (including phenoxy) is 3. The minimum Gasteiger partial charge on any atom is -0.490 e. The maximum atomic E-state index is 13.1. The molecule has 2 aromatic carbocycles. The normalized spacial score (nSPS) is 14.5. The second-order valence-electron chi connectivity index (χ2n) is 6.70. The van der Waals surface area contributed by atoms with Crippen molar-refractivity contribution in [2.75, 3.05) is 26.4 Å². The Balaban J connectivity index is 1.93. The van der Waals surface area contributed by atoms with Gasteiger partial charge in [0.2, 0.25) is 0 Å². The zero-order valence-corrected chi connectivity index (χ0v) is 18.0. The third kappa shape index (κ3) is 5.51. The highest BCUT2D eigenvalue weighted by atomic mass is 16.5. The van der Waals surface area contributed by atoms with Gasteiger partial charge in [-0.05, 0) is 37.6 Å². The van der Waals surface area contributed by atoms with E-state index in [0.29, 0.717) is 36.2 Å². The van der Waals surface area contributed by atoms with Crippen LogP contribution in [0.15, 0.2) is 59.2 Å². The van der Waals surface area contributed by atoms with E-state index in [0.717, 1.165) is 11.1 Å². The number of hydrogen-bond acceptors (Lipinski definition) is 6. The molecule has 0 atom stereocenters. The fraction of sp³-hybridized carbons (Fsp3) is 0.292. The van der Waals surface area contributed by atoms with E-state index in [1.165, 1.54) is 11.8 Å². The number of carbonyl (C=O) groups excluding carboxylic acids is 2. The van der Waals surface area contributed by atoms with Gasteiger partial charge in [0, 0.05) is 12.5 Å². The van der Waals surface area contributed by atoms with Crippen molar-refractivity contribution >= 4 is 23.8 Å². The molecule has 1 aliphatic heterocycles. The minimum absolute atomic E-state index is 0.0950. The van der Waals surface area contributed by atoms with Gasteiger partial charge in [0.05, 0.1) is 19.8 Å². The lowest BCUT2D eigenvalue weighted by Crippen LogP contribution is -2.35. The average Bonchev–Trinajstić information content (AvgIpc) is 3.06. The number of nitrogens with zero attached hydrogens (tertiary/aromatic N) is 2. The fourth-order valence-corrected chi connectivity index (χ4v) is 3.16. The van der Waals surface area contributed by atoms with Crippen molar-refractivity contribution < 1.29 is 23.8 Å². The zero-order valence-electron chi connectivity index (χ0n) is 18.0. The largest absolute Gasteiger partial charge is 0.490 e. The Bertz CT molecular complexity index is 998. The number of amidine groups is 1. The van der Waals surface area contributed by atoms with Gasteiger partial charge in [-0.25, -0.2) is 4.99 Å². The Labute approximate surface area is 181 Å². The van der Waals surface area contributed by atoms with Gasteiger partial charge in [-0.2, -0.15) is 0 Å². The molecule has 1 heterocycles. The predicted octanol–water partition coefficient (Wildman–Crippen LogP) is 3.68. The number of aliphatic imine (C=N–C) groups is 1. The molecule has 2 aromatic rings. The van der Waals surface area contributed by atoms with Crippen LogP contribution in [0.3, 0.4) is 0 Å². The number of carbonyl (C=O) groups is 2. The van der Waals surface area contributed by atoms with E-state index in [1.807, 2.05) is 62.4 Å². The fourth-order valence-electron chi connectivity index (χ4n) is 3.16. The minimum atomic E-state index is -0.390. The first kappa shape index (κ1) is 22.1. The quantitative estimate of drug-likeness (QED) is 0.455. The predicted molar refractivity (Wildman–Crippen MR) is 118 cm³/mol. The summed E-state index contributed by atoms with van der Waals surface area (Å²) in [6, 6.07) is 14.9. The van der Waals surface area contributed by atoms with E-state index in [1.54, 1.807) is 6.08 Å². The van der Waals surface area contributed by atoms with Crippen LogP contribution in [0.4, 0.5) is 0 Å². The van der Waals surface area contributed by atoms with Gasteiger partial charge in [0.25, 0.3) is 5.91 Å². The Morgan fingerprint density at radius 1 is 1.03 bits per heavy atom. The summed E-state index contributed by atoms with van der Waals surface area (Å²) in [6.45, 7) is 6.49. The highest BCUT2D eigenvalue weighted by Crippen LogP contribution is 2.30. The number of esters is 1. The summed E-state index contributed by atoms with van der Waals surface area (Å²) in [4.78, 5) is 30.3. The average molecular weight is 422 g/mol. The molecule has 31 heavy (non-hydrogen) atoms. The maximum absolute atomic E-state index is 13.1. The van der Waals surface area contributed by atoms with Gasteiger partial charge >= 0.3 is 5.97 Å². The number of hydrogen-bond donors (Lipinski definition) is 0. The van der Waals surface area contributed by atoms with Crippen molar-refractivity contribution in [3.63, 3.8) is 0 Å². The molecular weight excluding hydrogens is 396 g/mol. The molecule has 0 fully saturated rings. The van der Waals surface area contributed by atoms with E-state index in [2.05, 4.69) is 4.99 Å². The van der Waals surface area contributed by atoms with Crippen LogP contribution < -0.4 is 9.47 Å². The van der Waals surface area contributed by atoms with Gasteiger partial charge in [0.15, 0.2) is 11.5 Å². The second kappa shape index (κ2) is 10.4. The second-order valence-corrected chi connectivity index (χ2v) is 6.70. The topological polar surface area (TPSA) is 77.4 Å². The van der Waals surface area contributed by atoms with Crippen molar-refractivity contribution in [3.05, 3.63) is 65.4 Å². The Kier molecular flexibility index (Phi) is 7.43. The number of rotatable bonds is 9. The first-order valence-electron chi connectivity index (χ1n) is 10.2. The summed E-state index contributed by atoms with van der Waals surface area (Å²) in [5.74, 6) is 1.15. The van der Waals surface area contributed by atoms with Gasteiger partial charge in [-0.3, -0.25) is 14.5 Å². The molecule has 0 unspecified atom stereocenters. The molecule has 0 saturated carbocycles. The molecule has 0 aliphatic carbocycles. The smallest absolute Gasteiger partial charge is 0.302 e. The number of benzene rings is 2. The molecule has 0 spiro atoms. The van der Waals surface area contributed by atoms with Crippen LogP contribution >= 0.6 is 0 Å². The van der Waals surface area contributed by atoms with Crippen molar-refractivity contribution in [2.24, 2.45) is 4.99 Å². The molecule has 0 N–H and O–H groups in total. The molecule has 0 aromatic heterocycles. The Morgan fingerprint density at radius 3 is 2.42 bits per heavy atom. The van der Waals surface area contributed by atoms with Gasteiger partial charge in [-0.1, -0.05) is 36.4 Å². The van der Waals surface area contributed by atoms with Crippen LogP contribution in [0.2, 0.25) is 0 Å². The first-order valence-corrected chi connectivity index (χ1v) is 10.2. The lowest BCUT2D eigenvalue weighted by Gasteiger charge is -2.18. The molecule has 7 heteroatoms. The van der Waals surface area contributed by atoms with Crippen LogP contribution in [0.1, 0.15) is 31.9 Å². The van der Waals surface area contributed by atoms with Crippen molar-refractivity contribution in [2.45, 2.75) is 20.8 Å². The SMILES string of the molecule is CCOc1ccc(/C=C2/N=C(c3ccccc3)N(CCOC(C)=O)C2=O)cc1OCC. The van der Waals surface area contributed by atoms with Crippen LogP contribution in [0, 0.1) is 0 Å². The third-order valence-corrected chi connectivity index (χ3v) is 4.47. The van der Waals surface area contributed by atoms with Crippen LogP contribution in [0.5, 0.6) is 11.5 Å². The summed E-state index contributed by atoms with van der Waals surface area (Å²) >= 11 is 0. The molecule has 0 bridgehead atoms. The van der Waals surface area contributed by atoms with E-state index in [4.69, 9.17) is 14.2 Å². The molecule has 1 aliphatic rings. The Morgan fingerprint density at radius 2 is 1.74 bits per heavy atom. The summed E-state index contributed by atoms with van der Waals surface area (Å²) in [7, 11) is 0. The van der Waals surface area contributed by atoms with Crippen LogP contribution in [-0.2, 0) is 14.3 Å². The van der Waals surface area contributed by atoms with Crippen molar-refractivity contribution in [3.8, 4) is 11.5 Å². The van der Waals surface area contributed by atoms with Crippen molar-refractivity contribution in [1.29, 1.82) is 0 Å².